The molecule has 8 nitrogen and oxygen atoms in total. The molecule has 0 saturated carbocycles. The van der Waals surface area contributed by atoms with E-state index in [9.17, 15) is 25.1 Å². The number of carbonyl (C=O) groups is 1. The number of nitrogens with zero attached hydrogens (tertiary/aromatic N) is 2. The highest BCUT2D eigenvalue weighted by atomic mass is 16.6. The van der Waals surface area contributed by atoms with Crippen molar-refractivity contribution in [3.8, 4) is 5.75 Å². The van der Waals surface area contributed by atoms with Gasteiger partial charge in [0.2, 0.25) is 5.78 Å². The summed E-state index contributed by atoms with van der Waals surface area (Å²) in [6.07, 6.45) is -0.176. The Bertz CT molecular complexity index is 973. The highest BCUT2D eigenvalue weighted by Gasteiger charge is 2.21. The number of benzene rings is 2. The molecule has 0 fully saturated rings. The zero-order valence-corrected chi connectivity index (χ0v) is 12.8. The molecule has 25 heavy (non-hydrogen) atoms. The molecule has 1 heterocycles. The molecule has 0 bridgehead atoms. The Morgan fingerprint density at radius 1 is 1.20 bits per heavy atom. The number of ketones is 1. The summed E-state index contributed by atoms with van der Waals surface area (Å²) in [5.74, 6) is -0.965. The van der Waals surface area contributed by atoms with Crippen LogP contribution in [0.5, 0.6) is 5.75 Å². The van der Waals surface area contributed by atoms with Gasteiger partial charge in [-0.2, -0.15) is 0 Å². The molecule has 1 unspecified atom stereocenters. The van der Waals surface area contributed by atoms with E-state index in [2.05, 4.69) is 10.3 Å². The number of rotatable bonds is 5. The fraction of sp³-hybridized carbons (Fsp3) is 0.0588. The lowest BCUT2D eigenvalue weighted by atomic mass is 10.1. The number of anilines is 1. The number of hydrogen-bond acceptors (Lipinski definition) is 7. The SMILES string of the molecule is O=C(c1cccc([N+](=O)[O-])c1)C(O)Nc1ccc2cccnc2c1O. The van der Waals surface area contributed by atoms with Gasteiger partial charge >= 0.3 is 0 Å². The summed E-state index contributed by atoms with van der Waals surface area (Å²) in [5, 5.41) is 34.3. The molecular weight excluding hydrogens is 326 g/mol. The number of nitro groups is 1. The predicted molar refractivity (Wildman–Crippen MR) is 90.5 cm³/mol. The van der Waals surface area contributed by atoms with Crippen LogP contribution in [0.15, 0.2) is 54.7 Å². The first-order valence-corrected chi connectivity index (χ1v) is 7.27. The minimum Gasteiger partial charge on any atom is -0.504 e. The van der Waals surface area contributed by atoms with E-state index in [1.807, 2.05) is 0 Å². The molecule has 3 aromatic rings. The van der Waals surface area contributed by atoms with E-state index in [1.165, 1.54) is 30.5 Å². The lowest BCUT2D eigenvalue weighted by Crippen LogP contribution is -2.29. The number of aliphatic hydroxyl groups excluding tert-OH is 1. The molecule has 3 N–H and O–H groups in total. The van der Waals surface area contributed by atoms with Gasteiger partial charge in [-0.15, -0.1) is 0 Å². The van der Waals surface area contributed by atoms with Crippen LogP contribution in [0.1, 0.15) is 10.4 Å². The Morgan fingerprint density at radius 3 is 2.76 bits per heavy atom. The number of aromatic nitrogens is 1. The monoisotopic (exact) mass is 339 g/mol. The van der Waals surface area contributed by atoms with Crippen LogP contribution in [0.25, 0.3) is 10.9 Å². The van der Waals surface area contributed by atoms with E-state index < -0.39 is 16.9 Å². The maximum atomic E-state index is 12.3. The zero-order valence-electron chi connectivity index (χ0n) is 12.8. The zero-order chi connectivity index (χ0) is 18.0. The molecule has 126 valence electrons. The van der Waals surface area contributed by atoms with Crippen molar-refractivity contribution in [2.75, 3.05) is 5.32 Å². The molecule has 0 spiro atoms. The maximum Gasteiger partial charge on any atom is 0.270 e. The number of fused-ring (bicyclic) bond motifs is 1. The van der Waals surface area contributed by atoms with Crippen molar-refractivity contribution in [3.05, 3.63) is 70.4 Å². The average molecular weight is 339 g/mol. The van der Waals surface area contributed by atoms with E-state index in [0.717, 1.165) is 6.07 Å². The fourth-order valence-corrected chi connectivity index (χ4v) is 2.39. The summed E-state index contributed by atoms with van der Waals surface area (Å²) in [6.45, 7) is 0. The number of non-ortho nitro benzene ring substituents is 1. The van der Waals surface area contributed by atoms with Gasteiger partial charge < -0.3 is 15.5 Å². The molecule has 0 saturated heterocycles. The van der Waals surface area contributed by atoms with E-state index >= 15 is 0 Å². The Balaban J connectivity index is 1.86. The smallest absolute Gasteiger partial charge is 0.270 e. The number of carbonyl (C=O) groups excluding carboxylic acids is 1. The van der Waals surface area contributed by atoms with Gasteiger partial charge in [0.15, 0.2) is 12.0 Å². The first kappa shape index (κ1) is 16.3. The Hall–Kier alpha value is -3.52. The summed E-state index contributed by atoms with van der Waals surface area (Å²) < 4.78 is 0. The van der Waals surface area contributed by atoms with Crippen LogP contribution >= 0.6 is 0 Å². The molecule has 1 aromatic heterocycles. The largest absolute Gasteiger partial charge is 0.504 e. The second kappa shape index (κ2) is 6.54. The number of Topliss-reactive ketones (excluding diaryl/α,β-unsaturated/α-hetero) is 1. The molecule has 2 aromatic carbocycles. The van der Waals surface area contributed by atoms with Crippen LogP contribution in [0.3, 0.4) is 0 Å². The normalized spacial score (nSPS) is 11.9. The molecule has 0 aliphatic carbocycles. The highest BCUT2D eigenvalue weighted by Crippen LogP contribution is 2.31. The third-order valence-electron chi connectivity index (χ3n) is 3.63. The summed E-state index contributed by atoms with van der Waals surface area (Å²) in [7, 11) is 0. The van der Waals surface area contributed by atoms with Crippen LogP contribution in [-0.2, 0) is 0 Å². The van der Waals surface area contributed by atoms with Gasteiger partial charge in [-0.25, -0.2) is 0 Å². The molecule has 8 heteroatoms. The van der Waals surface area contributed by atoms with Gasteiger partial charge in [0.1, 0.15) is 5.52 Å². The van der Waals surface area contributed by atoms with E-state index in [4.69, 9.17) is 0 Å². The van der Waals surface area contributed by atoms with Crippen molar-refractivity contribution in [2.24, 2.45) is 0 Å². The number of aromatic hydroxyl groups is 1. The Kier molecular flexibility index (Phi) is 4.27. The molecular formula is C17H13N3O5. The van der Waals surface area contributed by atoms with Gasteiger partial charge in [-0.05, 0) is 12.1 Å². The van der Waals surface area contributed by atoms with Crippen molar-refractivity contribution < 1.29 is 19.9 Å². The van der Waals surface area contributed by atoms with Crippen LogP contribution in [0, 0.1) is 10.1 Å². The van der Waals surface area contributed by atoms with Crippen molar-refractivity contribution in [1.29, 1.82) is 0 Å². The summed E-state index contributed by atoms with van der Waals surface area (Å²) in [5.41, 5.74) is 0.170. The van der Waals surface area contributed by atoms with E-state index in [-0.39, 0.29) is 22.7 Å². The van der Waals surface area contributed by atoms with Gasteiger partial charge in [0.25, 0.3) is 5.69 Å². The van der Waals surface area contributed by atoms with Crippen molar-refractivity contribution in [2.45, 2.75) is 6.23 Å². The van der Waals surface area contributed by atoms with Crippen molar-refractivity contribution in [3.63, 3.8) is 0 Å². The number of aliphatic hydroxyl groups is 1. The number of nitro benzene ring substituents is 1. The molecule has 0 aliphatic rings. The summed E-state index contributed by atoms with van der Waals surface area (Å²) >= 11 is 0. The molecule has 0 aliphatic heterocycles. The second-order valence-corrected chi connectivity index (χ2v) is 5.26. The van der Waals surface area contributed by atoms with Gasteiger partial charge in [0, 0.05) is 29.3 Å². The number of pyridine rings is 1. The summed E-state index contributed by atoms with van der Waals surface area (Å²) in [4.78, 5) is 26.5. The van der Waals surface area contributed by atoms with Gasteiger partial charge in [0.05, 0.1) is 10.6 Å². The predicted octanol–water partition coefficient (Wildman–Crippen LogP) is 2.46. The van der Waals surface area contributed by atoms with E-state index in [1.54, 1.807) is 18.2 Å². The summed E-state index contributed by atoms with van der Waals surface area (Å²) in [6, 6.07) is 11.7. The first-order valence-electron chi connectivity index (χ1n) is 7.27. The Morgan fingerprint density at radius 2 is 2.00 bits per heavy atom. The van der Waals surface area contributed by atoms with Gasteiger partial charge in [-0.1, -0.05) is 24.3 Å². The number of hydrogen-bond donors (Lipinski definition) is 3. The third kappa shape index (κ3) is 3.24. The molecule has 1 atom stereocenters. The van der Waals surface area contributed by atoms with E-state index in [0.29, 0.717) is 10.9 Å². The fourth-order valence-electron chi connectivity index (χ4n) is 2.39. The maximum absolute atomic E-state index is 12.3. The minimum absolute atomic E-state index is 0.0207. The quantitative estimate of drug-likeness (QED) is 0.214. The average Bonchev–Trinajstić information content (AvgIpc) is 2.63. The second-order valence-electron chi connectivity index (χ2n) is 5.26. The van der Waals surface area contributed by atoms with Crippen LogP contribution < -0.4 is 5.32 Å². The van der Waals surface area contributed by atoms with Crippen LogP contribution in [-0.4, -0.2) is 32.1 Å². The molecule has 3 rings (SSSR count). The number of nitrogens with one attached hydrogen (secondary N) is 1. The standard InChI is InChI=1S/C17H13N3O5/c21-15(11-3-1-5-12(9-11)20(24)25)17(23)19-13-7-6-10-4-2-8-18-14(10)16(13)22/h1-9,17,19,22-23H. The number of phenolic OH excluding ortho intramolecular Hbond substituents is 1. The van der Waals surface area contributed by atoms with Crippen molar-refractivity contribution in [1.82, 2.24) is 4.98 Å². The number of phenols is 1. The lowest BCUT2D eigenvalue weighted by molar-refractivity contribution is -0.384. The molecule has 0 radical (unpaired) electrons. The lowest BCUT2D eigenvalue weighted by Gasteiger charge is -2.15. The third-order valence-corrected chi connectivity index (χ3v) is 3.63. The minimum atomic E-state index is -1.69. The van der Waals surface area contributed by atoms with Crippen LogP contribution in [0.4, 0.5) is 11.4 Å². The van der Waals surface area contributed by atoms with Crippen molar-refractivity contribution >= 4 is 28.1 Å². The molecule has 0 amide bonds. The Labute approximate surface area is 141 Å². The van der Waals surface area contributed by atoms with Gasteiger partial charge in [-0.3, -0.25) is 19.9 Å². The highest BCUT2D eigenvalue weighted by molar-refractivity contribution is 6.01. The van der Waals surface area contributed by atoms with Crippen LogP contribution in [0.2, 0.25) is 0 Å². The topological polar surface area (TPSA) is 126 Å². The first-order chi connectivity index (χ1) is 12.0.